The monoisotopic (exact) mass is 253 g/mol. The summed E-state index contributed by atoms with van der Waals surface area (Å²) in [5, 5.41) is 5.53. The number of fused-ring (bicyclic) bond motifs is 1. The average molecular weight is 254 g/mol. The fourth-order valence-corrected chi connectivity index (χ4v) is 2.28. The molecule has 2 rings (SSSR count). The molecule has 1 atom stereocenters. The largest absolute Gasteiger partial charge is 0.323 e. The van der Waals surface area contributed by atoms with E-state index in [1.165, 1.54) is 0 Å². The van der Waals surface area contributed by atoms with Crippen molar-refractivity contribution in [3.05, 3.63) is 28.4 Å². The van der Waals surface area contributed by atoms with Gasteiger partial charge in [-0.25, -0.2) is 0 Å². The Kier molecular flexibility index (Phi) is 2.33. The highest BCUT2D eigenvalue weighted by Crippen LogP contribution is 2.27. The minimum Gasteiger partial charge on any atom is -0.323 e. The van der Waals surface area contributed by atoms with E-state index in [4.69, 9.17) is 5.73 Å². The van der Waals surface area contributed by atoms with Crippen LogP contribution in [0.4, 0.5) is 0 Å². The van der Waals surface area contributed by atoms with Crippen molar-refractivity contribution in [3.63, 3.8) is 0 Å². The van der Waals surface area contributed by atoms with Crippen LogP contribution in [0.3, 0.4) is 0 Å². The van der Waals surface area contributed by atoms with Crippen LogP contribution in [0.5, 0.6) is 0 Å². The summed E-state index contributed by atoms with van der Waals surface area (Å²) in [7, 11) is 1.93. The van der Waals surface area contributed by atoms with Gasteiger partial charge in [0, 0.05) is 22.9 Å². The van der Waals surface area contributed by atoms with Gasteiger partial charge in [0.25, 0.3) is 0 Å². The third-order valence-electron chi connectivity index (χ3n) is 2.28. The molecule has 0 radical (unpaired) electrons. The molecule has 0 aliphatic rings. The van der Waals surface area contributed by atoms with Gasteiger partial charge in [-0.1, -0.05) is 12.1 Å². The number of nitrogens with zero attached hydrogens (tertiary/aromatic N) is 2. The number of aryl methyl sites for hydroxylation is 1. The van der Waals surface area contributed by atoms with Gasteiger partial charge in [0.2, 0.25) is 0 Å². The fraction of sp³-hybridized carbons (Fsp3) is 0.300. The summed E-state index contributed by atoms with van der Waals surface area (Å²) in [6.45, 7) is 1.95. The number of hydrogen-bond donors (Lipinski definition) is 1. The van der Waals surface area contributed by atoms with E-state index in [2.05, 4.69) is 21.0 Å². The Balaban J connectivity index is 2.84. The minimum absolute atomic E-state index is 0.0343. The second kappa shape index (κ2) is 3.37. The summed E-state index contributed by atoms with van der Waals surface area (Å²) < 4.78 is 2.91. The molecule has 3 nitrogen and oxygen atoms in total. The quantitative estimate of drug-likeness (QED) is 0.848. The molecule has 0 saturated carbocycles. The highest BCUT2D eigenvalue weighted by molar-refractivity contribution is 9.10. The van der Waals surface area contributed by atoms with Crippen LogP contribution in [0.1, 0.15) is 18.7 Å². The third-order valence-corrected chi connectivity index (χ3v) is 2.92. The maximum absolute atomic E-state index is 5.85. The van der Waals surface area contributed by atoms with Crippen molar-refractivity contribution in [1.82, 2.24) is 9.78 Å². The highest BCUT2D eigenvalue weighted by Gasteiger charge is 2.13. The maximum atomic E-state index is 5.85. The van der Waals surface area contributed by atoms with Gasteiger partial charge < -0.3 is 5.73 Å². The Morgan fingerprint density at radius 1 is 1.50 bits per heavy atom. The molecule has 1 aromatic carbocycles. The molecule has 2 aromatic rings. The minimum atomic E-state index is -0.0343. The first kappa shape index (κ1) is 9.68. The number of hydrogen-bond acceptors (Lipinski definition) is 2. The lowest BCUT2D eigenvalue weighted by Gasteiger charge is -1.99. The summed E-state index contributed by atoms with van der Waals surface area (Å²) in [6.07, 6.45) is 0. The van der Waals surface area contributed by atoms with E-state index in [0.717, 1.165) is 21.1 Å². The molecule has 0 aliphatic carbocycles. The van der Waals surface area contributed by atoms with Crippen LogP contribution < -0.4 is 5.73 Å². The van der Waals surface area contributed by atoms with Gasteiger partial charge in [-0.05, 0) is 28.9 Å². The molecular formula is C10H12BrN3. The van der Waals surface area contributed by atoms with Gasteiger partial charge in [0.15, 0.2) is 0 Å². The Morgan fingerprint density at radius 3 is 2.86 bits per heavy atom. The first-order chi connectivity index (χ1) is 6.61. The first-order valence-corrected chi connectivity index (χ1v) is 5.27. The van der Waals surface area contributed by atoms with E-state index < -0.39 is 0 Å². The average Bonchev–Trinajstić information content (AvgIpc) is 2.45. The number of para-hydroxylation sites is 1. The van der Waals surface area contributed by atoms with Crippen LogP contribution in [0.25, 0.3) is 10.9 Å². The molecule has 1 heterocycles. The zero-order valence-corrected chi connectivity index (χ0v) is 9.75. The van der Waals surface area contributed by atoms with E-state index in [1.54, 1.807) is 0 Å². The predicted molar refractivity (Wildman–Crippen MR) is 61.0 cm³/mol. The molecule has 74 valence electrons. The molecule has 0 spiro atoms. The molecule has 0 bridgehead atoms. The summed E-state index contributed by atoms with van der Waals surface area (Å²) in [5.74, 6) is 0. The third kappa shape index (κ3) is 1.35. The van der Waals surface area contributed by atoms with Crippen LogP contribution in [0.15, 0.2) is 22.7 Å². The Morgan fingerprint density at radius 2 is 2.21 bits per heavy atom. The lowest BCUT2D eigenvalue weighted by Crippen LogP contribution is -2.06. The van der Waals surface area contributed by atoms with Crippen LogP contribution in [-0.4, -0.2) is 9.78 Å². The van der Waals surface area contributed by atoms with E-state index in [1.807, 2.05) is 36.9 Å². The van der Waals surface area contributed by atoms with E-state index in [-0.39, 0.29) is 6.04 Å². The Bertz CT molecular complexity index is 473. The molecule has 2 N–H and O–H groups in total. The van der Waals surface area contributed by atoms with Gasteiger partial charge in [-0.15, -0.1) is 0 Å². The molecule has 0 aliphatic heterocycles. The molecule has 1 aromatic heterocycles. The molecule has 14 heavy (non-hydrogen) atoms. The molecule has 4 heteroatoms. The van der Waals surface area contributed by atoms with Gasteiger partial charge in [0.1, 0.15) is 0 Å². The maximum Gasteiger partial charge on any atom is 0.0867 e. The highest BCUT2D eigenvalue weighted by atomic mass is 79.9. The Labute approximate surface area is 91.0 Å². The molecule has 0 amide bonds. The molecular weight excluding hydrogens is 242 g/mol. The van der Waals surface area contributed by atoms with Crippen LogP contribution in [-0.2, 0) is 7.05 Å². The van der Waals surface area contributed by atoms with Gasteiger partial charge >= 0.3 is 0 Å². The van der Waals surface area contributed by atoms with Crippen molar-refractivity contribution in [2.75, 3.05) is 0 Å². The summed E-state index contributed by atoms with van der Waals surface area (Å²) in [4.78, 5) is 0. The number of nitrogens with two attached hydrogens (primary N) is 1. The number of aromatic nitrogens is 2. The number of benzene rings is 1. The van der Waals surface area contributed by atoms with Gasteiger partial charge in [-0.2, -0.15) is 5.10 Å². The van der Waals surface area contributed by atoms with E-state index in [0.29, 0.717) is 0 Å². The lowest BCUT2D eigenvalue weighted by molar-refractivity contribution is 0.712. The standard InChI is InChI=1S/C10H12BrN3/c1-6(12)9-7-4-3-5-8(11)10(7)14(2)13-9/h3-6H,12H2,1-2H3. The van der Waals surface area contributed by atoms with E-state index >= 15 is 0 Å². The summed E-state index contributed by atoms with van der Waals surface area (Å²) >= 11 is 3.51. The predicted octanol–water partition coefficient (Wildman–Crippen LogP) is 2.36. The number of rotatable bonds is 1. The normalized spacial score (nSPS) is 13.4. The van der Waals surface area contributed by atoms with Gasteiger partial charge in [0.05, 0.1) is 11.2 Å². The molecule has 1 unspecified atom stereocenters. The van der Waals surface area contributed by atoms with Crippen molar-refractivity contribution in [2.24, 2.45) is 12.8 Å². The van der Waals surface area contributed by atoms with Crippen LogP contribution in [0, 0.1) is 0 Å². The van der Waals surface area contributed by atoms with Crippen molar-refractivity contribution >= 4 is 26.8 Å². The van der Waals surface area contributed by atoms with Crippen molar-refractivity contribution < 1.29 is 0 Å². The Hall–Kier alpha value is -0.870. The summed E-state index contributed by atoms with van der Waals surface area (Å²) in [5.41, 5.74) is 7.90. The van der Waals surface area contributed by atoms with Crippen LogP contribution in [0.2, 0.25) is 0 Å². The van der Waals surface area contributed by atoms with Crippen molar-refractivity contribution in [3.8, 4) is 0 Å². The van der Waals surface area contributed by atoms with Crippen molar-refractivity contribution in [2.45, 2.75) is 13.0 Å². The smallest absolute Gasteiger partial charge is 0.0867 e. The van der Waals surface area contributed by atoms with Crippen molar-refractivity contribution in [1.29, 1.82) is 0 Å². The SMILES string of the molecule is CC(N)c1nn(C)c2c(Br)cccc12. The van der Waals surface area contributed by atoms with Crippen LogP contribution >= 0.6 is 15.9 Å². The second-order valence-electron chi connectivity index (χ2n) is 3.43. The number of halogens is 1. The zero-order chi connectivity index (χ0) is 10.3. The first-order valence-electron chi connectivity index (χ1n) is 4.48. The zero-order valence-electron chi connectivity index (χ0n) is 8.16. The molecule has 0 saturated heterocycles. The second-order valence-corrected chi connectivity index (χ2v) is 4.29. The fourth-order valence-electron chi connectivity index (χ4n) is 1.65. The van der Waals surface area contributed by atoms with Gasteiger partial charge in [-0.3, -0.25) is 4.68 Å². The lowest BCUT2D eigenvalue weighted by atomic mass is 10.1. The molecule has 0 fully saturated rings. The van der Waals surface area contributed by atoms with E-state index in [9.17, 15) is 0 Å². The summed E-state index contributed by atoms with van der Waals surface area (Å²) in [6, 6.07) is 6.02. The topological polar surface area (TPSA) is 43.8 Å².